The van der Waals surface area contributed by atoms with E-state index in [-0.39, 0.29) is 31.4 Å². The molecule has 212 valence electrons. The summed E-state index contributed by atoms with van der Waals surface area (Å²) in [6.45, 7) is 8.12. The molecule has 2 atom stereocenters. The molecule has 0 aliphatic heterocycles. The molecule has 8 N–H and O–H groups in total. The largest absolute Gasteiger partial charge is 0.444 e. The Balaban J connectivity index is 2.85. The van der Waals surface area contributed by atoms with Gasteiger partial charge in [-0.3, -0.25) is 19.8 Å². The molecule has 1 aromatic rings. The monoisotopic (exact) mass is 535 g/mol. The number of hydrogen-bond donors (Lipinski definition) is 7. The van der Waals surface area contributed by atoms with E-state index in [1.807, 2.05) is 13.8 Å². The number of nitrogens with one attached hydrogen (secondary N) is 6. The lowest BCUT2D eigenvalue weighted by Gasteiger charge is -2.25. The van der Waals surface area contributed by atoms with Crippen LogP contribution in [-0.4, -0.2) is 55.0 Å². The molecule has 0 unspecified atom stereocenters. The van der Waals surface area contributed by atoms with Crippen molar-refractivity contribution >= 4 is 35.5 Å². The summed E-state index contributed by atoms with van der Waals surface area (Å²) < 4.78 is 5.07. The van der Waals surface area contributed by atoms with Gasteiger partial charge in [0, 0.05) is 25.2 Å². The maximum Gasteiger partial charge on any atom is 0.421 e. The van der Waals surface area contributed by atoms with Gasteiger partial charge in [0.15, 0.2) is 0 Å². The Morgan fingerprint density at radius 3 is 2.24 bits per heavy atom. The topological polar surface area (TPSA) is 193 Å². The molecule has 0 spiro atoms. The molecule has 1 aromatic carbocycles. The zero-order chi connectivity index (χ0) is 28.5. The fourth-order valence-corrected chi connectivity index (χ4v) is 3.31. The first kappa shape index (κ1) is 32.2. The molecule has 0 heterocycles. The van der Waals surface area contributed by atoms with Crippen molar-refractivity contribution in [3.8, 4) is 0 Å². The van der Waals surface area contributed by atoms with Crippen LogP contribution < -0.4 is 37.9 Å². The van der Waals surface area contributed by atoms with Gasteiger partial charge < -0.3 is 31.7 Å². The van der Waals surface area contributed by atoms with Gasteiger partial charge >= 0.3 is 12.1 Å². The van der Waals surface area contributed by atoms with E-state index in [2.05, 4.69) is 32.1 Å². The quantitative estimate of drug-likeness (QED) is 0.122. The SMILES string of the molecule is CCCC(=O)N[C@H](C(=O)N[C@@H](CCCNC(N)=O)C(=O)Nc1ccc(COC(=O)NNCC)cc1)C(C)C. The van der Waals surface area contributed by atoms with Crippen LogP contribution in [0.1, 0.15) is 58.9 Å². The molecule has 13 nitrogen and oxygen atoms in total. The van der Waals surface area contributed by atoms with Crippen molar-refractivity contribution in [2.75, 3.05) is 18.4 Å². The van der Waals surface area contributed by atoms with Crippen molar-refractivity contribution < 1.29 is 28.7 Å². The smallest absolute Gasteiger partial charge is 0.421 e. The minimum Gasteiger partial charge on any atom is -0.444 e. The molecule has 1 rings (SSSR count). The molecule has 6 amide bonds. The molecular weight excluding hydrogens is 494 g/mol. The third kappa shape index (κ3) is 12.9. The normalized spacial score (nSPS) is 12.1. The Labute approximate surface area is 223 Å². The maximum atomic E-state index is 13.1. The minimum absolute atomic E-state index is 0.0390. The van der Waals surface area contributed by atoms with Crippen molar-refractivity contribution in [2.24, 2.45) is 11.7 Å². The van der Waals surface area contributed by atoms with E-state index >= 15 is 0 Å². The molecular formula is C25H41N7O6. The second-order valence-corrected chi connectivity index (χ2v) is 8.95. The van der Waals surface area contributed by atoms with Crippen LogP contribution >= 0.6 is 0 Å². The van der Waals surface area contributed by atoms with Crippen LogP contribution in [0.3, 0.4) is 0 Å². The first-order valence-electron chi connectivity index (χ1n) is 12.8. The van der Waals surface area contributed by atoms with Crippen molar-refractivity contribution in [3.05, 3.63) is 29.8 Å². The lowest BCUT2D eigenvalue weighted by atomic mass is 10.0. The minimum atomic E-state index is -0.931. The summed E-state index contributed by atoms with van der Waals surface area (Å²) >= 11 is 0. The Bertz CT molecular complexity index is 923. The predicted molar refractivity (Wildman–Crippen MR) is 142 cm³/mol. The first-order chi connectivity index (χ1) is 18.1. The fourth-order valence-electron chi connectivity index (χ4n) is 3.31. The number of nitrogens with two attached hydrogens (primary N) is 1. The fraction of sp³-hybridized carbons (Fsp3) is 0.560. The summed E-state index contributed by atoms with van der Waals surface area (Å²) in [6.07, 6.45) is 0.920. The van der Waals surface area contributed by atoms with Crippen LogP contribution in [0.15, 0.2) is 24.3 Å². The molecule has 13 heteroatoms. The second kappa shape index (κ2) is 17.6. The molecule has 38 heavy (non-hydrogen) atoms. The summed E-state index contributed by atoms with van der Waals surface area (Å²) in [5.41, 5.74) is 11.3. The lowest BCUT2D eigenvalue weighted by Crippen LogP contribution is -2.54. The van der Waals surface area contributed by atoms with Gasteiger partial charge in [0.25, 0.3) is 0 Å². The van der Waals surface area contributed by atoms with Crippen LogP contribution in [0, 0.1) is 5.92 Å². The number of carbonyl (C=O) groups is 5. The zero-order valence-electron chi connectivity index (χ0n) is 22.5. The summed E-state index contributed by atoms with van der Waals surface area (Å²) in [6, 6.07) is 4.26. The number of anilines is 1. The van der Waals surface area contributed by atoms with Crippen molar-refractivity contribution in [3.63, 3.8) is 0 Å². The number of carbonyl (C=O) groups excluding carboxylic acids is 5. The van der Waals surface area contributed by atoms with Gasteiger partial charge in [0.2, 0.25) is 17.7 Å². The summed E-state index contributed by atoms with van der Waals surface area (Å²) in [7, 11) is 0. The number of hydrogen-bond acceptors (Lipinski definition) is 7. The number of benzene rings is 1. The lowest BCUT2D eigenvalue weighted by molar-refractivity contribution is -0.132. The predicted octanol–water partition coefficient (Wildman–Crippen LogP) is 1.25. The highest BCUT2D eigenvalue weighted by atomic mass is 16.6. The molecule has 0 aliphatic carbocycles. The van der Waals surface area contributed by atoms with E-state index in [1.54, 1.807) is 38.1 Å². The summed E-state index contributed by atoms with van der Waals surface area (Å²) in [4.78, 5) is 60.7. The van der Waals surface area contributed by atoms with Gasteiger partial charge in [-0.1, -0.05) is 39.8 Å². The van der Waals surface area contributed by atoms with Crippen molar-refractivity contribution in [1.82, 2.24) is 26.8 Å². The van der Waals surface area contributed by atoms with Gasteiger partial charge in [0.1, 0.15) is 18.7 Å². The van der Waals surface area contributed by atoms with E-state index in [0.717, 1.165) is 0 Å². The highest BCUT2D eigenvalue weighted by molar-refractivity contribution is 5.98. The van der Waals surface area contributed by atoms with Gasteiger partial charge in [-0.15, -0.1) is 0 Å². The Morgan fingerprint density at radius 2 is 1.66 bits per heavy atom. The number of urea groups is 1. The van der Waals surface area contributed by atoms with Crippen molar-refractivity contribution in [1.29, 1.82) is 0 Å². The molecule has 0 saturated heterocycles. The average Bonchev–Trinajstić information content (AvgIpc) is 2.87. The van der Waals surface area contributed by atoms with Crippen LogP contribution in [0.2, 0.25) is 0 Å². The highest BCUT2D eigenvalue weighted by Gasteiger charge is 2.28. The zero-order valence-corrected chi connectivity index (χ0v) is 22.5. The van der Waals surface area contributed by atoms with Crippen LogP contribution in [0.4, 0.5) is 15.3 Å². The van der Waals surface area contributed by atoms with Crippen LogP contribution in [-0.2, 0) is 25.7 Å². The van der Waals surface area contributed by atoms with Crippen LogP contribution in [0.5, 0.6) is 0 Å². The van der Waals surface area contributed by atoms with Gasteiger partial charge in [-0.2, -0.15) is 0 Å². The van der Waals surface area contributed by atoms with Gasteiger partial charge in [-0.25, -0.2) is 15.0 Å². The number of hydrazine groups is 1. The Kier molecular flexibility index (Phi) is 14.9. The van der Waals surface area contributed by atoms with E-state index in [9.17, 15) is 24.0 Å². The van der Waals surface area contributed by atoms with E-state index in [0.29, 0.717) is 37.1 Å². The number of amides is 6. The average molecular weight is 536 g/mol. The number of primary amides is 1. The van der Waals surface area contributed by atoms with Gasteiger partial charge in [0.05, 0.1) is 0 Å². The Hall–Kier alpha value is -3.87. The van der Waals surface area contributed by atoms with Crippen molar-refractivity contribution in [2.45, 2.75) is 72.1 Å². The highest BCUT2D eigenvalue weighted by Crippen LogP contribution is 2.13. The number of rotatable bonds is 16. The van der Waals surface area contributed by atoms with E-state index in [1.165, 1.54) is 0 Å². The summed E-state index contributed by atoms with van der Waals surface area (Å²) in [5.74, 6) is -1.38. The second-order valence-electron chi connectivity index (χ2n) is 8.95. The summed E-state index contributed by atoms with van der Waals surface area (Å²) in [5, 5.41) is 10.7. The first-order valence-corrected chi connectivity index (χ1v) is 12.8. The standard InChI is InChI=1S/C25H41N7O6/c1-5-8-20(33)31-21(16(3)4)23(35)30-19(9-7-14-27-24(26)36)22(34)29-18-12-10-17(11-13-18)15-38-25(37)32-28-6-2/h10-13,16,19,21,28H,5-9,14-15H2,1-4H3,(H,29,34)(H,30,35)(H,31,33)(H,32,37)(H3,26,27,36)/t19-,21-/m0/s1. The Morgan fingerprint density at radius 1 is 0.974 bits per heavy atom. The molecule has 0 aliphatic rings. The molecule has 0 bridgehead atoms. The van der Waals surface area contributed by atoms with Crippen LogP contribution in [0.25, 0.3) is 0 Å². The maximum absolute atomic E-state index is 13.1. The molecule has 0 fully saturated rings. The molecule has 0 aromatic heterocycles. The van der Waals surface area contributed by atoms with Gasteiger partial charge in [-0.05, 0) is 42.9 Å². The third-order valence-corrected chi connectivity index (χ3v) is 5.30. The third-order valence-electron chi connectivity index (χ3n) is 5.30. The van der Waals surface area contributed by atoms with E-state index in [4.69, 9.17) is 10.5 Å². The molecule has 0 saturated carbocycles. The van der Waals surface area contributed by atoms with E-state index < -0.39 is 36.0 Å². The number of ether oxygens (including phenoxy) is 1. The molecule has 0 radical (unpaired) electrons.